The number of amides is 4. The van der Waals surface area contributed by atoms with Gasteiger partial charge < -0.3 is 10.6 Å². The van der Waals surface area contributed by atoms with Crippen LogP contribution in [0.15, 0.2) is 0 Å². The summed E-state index contributed by atoms with van der Waals surface area (Å²) in [5.74, 6) is -1.07. The van der Waals surface area contributed by atoms with Gasteiger partial charge in [0.1, 0.15) is 5.88 Å². The molecule has 0 saturated carbocycles. The minimum Gasteiger partial charge on any atom is -0.359 e. The average Bonchev–Trinajstić information content (AvgIpc) is 2.25. The molecule has 0 aliphatic carbocycles. The molecule has 0 aliphatic heterocycles. The zero-order valence-electron chi connectivity index (χ0n) is 9.52. The molecule has 0 aromatic carbocycles. The van der Waals surface area contributed by atoms with Crippen LogP contribution in [0.4, 0.5) is 4.79 Å². The summed E-state index contributed by atoms with van der Waals surface area (Å²) < 4.78 is 0. The highest BCUT2D eigenvalue weighted by Gasteiger charge is 2.27. The van der Waals surface area contributed by atoms with Crippen molar-refractivity contribution >= 4 is 29.4 Å². The van der Waals surface area contributed by atoms with Crippen molar-refractivity contribution in [2.45, 2.75) is 13.8 Å². The van der Waals surface area contributed by atoms with E-state index >= 15 is 0 Å². The zero-order chi connectivity index (χ0) is 12.8. The number of rotatable bonds is 4. The molecule has 0 unspecified atom stereocenters. The Morgan fingerprint density at radius 3 is 2.25 bits per heavy atom. The van der Waals surface area contributed by atoms with E-state index in [0.717, 1.165) is 0 Å². The Morgan fingerprint density at radius 1 is 1.25 bits per heavy atom. The van der Waals surface area contributed by atoms with Crippen LogP contribution in [-0.4, -0.2) is 37.3 Å². The number of hydrogen-bond acceptors (Lipinski definition) is 3. The second-order valence-corrected chi connectivity index (χ2v) is 4.09. The van der Waals surface area contributed by atoms with Gasteiger partial charge in [-0.25, -0.2) is 4.79 Å². The number of imide groups is 1. The topological polar surface area (TPSA) is 87.3 Å². The minimum absolute atomic E-state index is 0.119. The van der Waals surface area contributed by atoms with Gasteiger partial charge in [-0.3, -0.25) is 14.9 Å². The molecular formula is C9H16ClN3O3. The Hall–Kier alpha value is -1.30. The third-order valence-electron chi connectivity index (χ3n) is 1.91. The van der Waals surface area contributed by atoms with Crippen LogP contribution in [0.5, 0.6) is 0 Å². The maximum absolute atomic E-state index is 11.4. The molecule has 16 heavy (non-hydrogen) atoms. The van der Waals surface area contributed by atoms with E-state index in [0.29, 0.717) is 0 Å². The SMILES string of the molecule is CNC(=O)C(C)(C)CNC(=O)NC(=O)CCl. The summed E-state index contributed by atoms with van der Waals surface area (Å²) in [4.78, 5) is 33.2. The largest absolute Gasteiger partial charge is 0.359 e. The molecule has 0 heterocycles. The molecule has 0 rings (SSSR count). The van der Waals surface area contributed by atoms with Crippen LogP contribution in [0.25, 0.3) is 0 Å². The fourth-order valence-corrected chi connectivity index (χ4v) is 0.991. The molecule has 0 spiro atoms. The first-order valence-electron chi connectivity index (χ1n) is 4.69. The number of nitrogens with one attached hydrogen (secondary N) is 3. The Kier molecular flexibility index (Phi) is 5.81. The summed E-state index contributed by atoms with van der Waals surface area (Å²) in [6, 6.07) is -0.664. The lowest BCUT2D eigenvalue weighted by molar-refractivity contribution is -0.128. The van der Waals surface area contributed by atoms with Gasteiger partial charge in [0.25, 0.3) is 0 Å². The standard InChI is InChI=1S/C9H16ClN3O3/c1-9(2,7(15)11-3)5-12-8(16)13-6(14)4-10/h4-5H2,1-3H3,(H,11,15)(H2,12,13,14,16). The number of carbonyl (C=O) groups is 3. The maximum Gasteiger partial charge on any atom is 0.321 e. The normalized spacial score (nSPS) is 10.5. The Morgan fingerprint density at radius 2 is 1.81 bits per heavy atom. The van der Waals surface area contributed by atoms with Crippen molar-refractivity contribution in [3.05, 3.63) is 0 Å². The van der Waals surface area contributed by atoms with Gasteiger partial charge in [-0.2, -0.15) is 0 Å². The highest BCUT2D eigenvalue weighted by Crippen LogP contribution is 2.12. The summed E-state index contributed by atoms with van der Waals surface area (Å²) >= 11 is 5.20. The van der Waals surface area contributed by atoms with Crippen molar-refractivity contribution in [2.75, 3.05) is 19.5 Å². The molecule has 7 heteroatoms. The van der Waals surface area contributed by atoms with Gasteiger partial charge in [0, 0.05) is 13.6 Å². The van der Waals surface area contributed by atoms with Crippen LogP contribution in [0.2, 0.25) is 0 Å². The van der Waals surface area contributed by atoms with Gasteiger partial charge in [0.05, 0.1) is 5.41 Å². The van der Waals surface area contributed by atoms with Gasteiger partial charge in [0.15, 0.2) is 0 Å². The van der Waals surface area contributed by atoms with E-state index in [9.17, 15) is 14.4 Å². The van der Waals surface area contributed by atoms with Crippen molar-refractivity contribution in [3.8, 4) is 0 Å². The van der Waals surface area contributed by atoms with E-state index in [4.69, 9.17) is 11.6 Å². The number of alkyl halides is 1. The summed E-state index contributed by atoms with van der Waals surface area (Å²) in [5, 5.41) is 6.90. The van der Waals surface area contributed by atoms with E-state index in [-0.39, 0.29) is 18.3 Å². The third kappa shape index (κ3) is 4.97. The zero-order valence-corrected chi connectivity index (χ0v) is 10.3. The minimum atomic E-state index is -0.740. The second-order valence-electron chi connectivity index (χ2n) is 3.83. The predicted molar refractivity (Wildman–Crippen MR) is 60.1 cm³/mol. The summed E-state index contributed by atoms with van der Waals surface area (Å²) in [6.07, 6.45) is 0. The lowest BCUT2D eigenvalue weighted by Gasteiger charge is -2.22. The van der Waals surface area contributed by atoms with E-state index < -0.39 is 17.4 Å². The molecule has 92 valence electrons. The lowest BCUT2D eigenvalue weighted by atomic mass is 9.92. The van der Waals surface area contributed by atoms with Crippen molar-refractivity contribution in [2.24, 2.45) is 5.41 Å². The monoisotopic (exact) mass is 249 g/mol. The molecule has 4 amide bonds. The van der Waals surface area contributed by atoms with Crippen LogP contribution in [-0.2, 0) is 9.59 Å². The quantitative estimate of drug-likeness (QED) is 0.604. The van der Waals surface area contributed by atoms with Crippen LogP contribution in [0, 0.1) is 5.41 Å². The molecular weight excluding hydrogens is 234 g/mol. The number of carbonyl (C=O) groups excluding carboxylic acids is 3. The summed E-state index contributed by atoms with van der Waals surface area (Å²) in [6.45, 7) is 3.47. The molecule has 0 aromatic heterocycles. The highest BCUT2D eigenvalue weighted by molar-refractivity contribution is 6.28. The van der Waals surface area contributed by atoms with Gasteiger partial charge in [-0.15, -0.1) is 11.6 Å². The number of urea groups is 1. The number of halogens is 1. The van der Waals surface area contributed by atoms with Crippen LogP contribution in [0.1, 0.15) is 13.8 Å². The van der Waals surface area contributed by atoms with E-state index in [1.54, 1.807) is 13.8 Å². The van der Waals surface area contributed by atoms with Crippen LogP contribution < -0.4 is 16.0 Å². The van der Waals surface area contributed by atoms with E-state index in [2.05, 4.69) is 10.6 Å². The molecule has 0 atom stereocenters. The summed E-state index contributed by atoms with van der Waals surface area (Å²) in [7, 11) is 1.52. The number of hydrogen-bond donors (Lipinski definition) is 3. The highest BCUT2D eigenvalue weighted by atomic mass is 35.5. The Labute approximate surface area is 99.1 Å². The summed E-state index contributed by atoms with van der Waals surface area (Å²) in [5.41, 5.74) is -0.740. The van der Waals surface area contributed by atoms with E-state index in [1.165, 1.54) is 7.05 Å². The predicted octanol–water partition coefficient (Wildman–Crippen LogP) is -0.177. The van der Waals surface area contributed by atoms with Gasteiger partial charge in [-0.05, 0) is 13.8 Å². The lowest BCUT2D eigenvalue weighted by Crippen LogP contribution is -2.47. The molecule has 6 nitrogen and oxygen atoms in total. The molecule has 0 aromatic rings. The molecule has 0 fully saturated rings. The fourth-order valence-electron chi connectivity index (χ4n) is 0.924. The van der Waals surface area contributed by atoms with Crippen molar-refractivity contribution in [1.82, 2.24) is 16.0 Å². The average molecular weight is 250 g/mol. The molecule has 0 aliphatic rings. The first-order chi connectivity index (χ1) is 7.33. The van der Waals surface area contributed by atoms with Gasteiger partial charge in [0.2, 0.25) is 11.8 Å². The fraction of sp³-hybridized carbons (Fsp3) is 0.667. The van der Waals surface area contributed by atoms with Crippen LogP contribution >= 0.6 is 11.6 Å². The smallest absolute Gasteiger partial charge is 0.321 e. The van der Waals surface area contributed by atoms with Gasteiger partial charge >= 0.3 is 6.03 Å². The Balaban J connectivity index is 4.09. The van der Waals surface area contributed by atoms with Crippen LogP contribution in [0.3, 0.4) is 0 Å². The molecule has 3 N–H and O–H groups in total. The molecule has 0 saturated heterocycles. The molecule has 0 bridgehead atoms. The Bertz CT molecular complexity index is 292. The molecule has 0 radical (unpaired) electrons. The first-order valence-corrected chi connectivity index (χ1v) is 5.22. The second kappa shape index (κ2) is 6.32. The van der Waals surface area contributed by atoms with Crippen molar-refractivity contribution < 1.29 is 14.4 Å². The third-order valence-corrected chi connectivity index (χ3v) is 2.15. The van der Waals surface area contributed by atoms with Crippen molar-refractivity contribution in [3.63, 3.8) is 0 Å². The van der Waals surface area contributed by atoms with E-state index in [1.807, 2.05) is 5.32 Å². The van der Waals surface area contributed by atoms with Crippen molar-refractivity contribution in [1.29, 1.82) is 0 Å². The van der Waals surface area contributed by atoms with Gasteiger partial charge in [-0.1, -0.05) is 0 Å². The maximum atomic E-state index is 11.4. The first kappa shape index (κ1) is 14.7.